The number of hydrogen-bond donors (Lipinski definition) is 1. The second-order valence-corrected chi connectivity index (χ2v) is 16.0. The lowest BCUT2D eigenvalue weighted by atomic mass is 10.2. The third kappa shape index (κ3) is 7.23. The number of benzene rings is 1. The van der Waals surface area contributed by atoms with Crippen molar-refractivity contribution in [1.29, 1.82) is 0 Å². The Balaban J connectivity index is 1.70. The largest absolute Gasteiger partial charge is 0.494 e. The van der Waals surface area contributed by atoms with Gasteiger partial charge in [-0.15, -0.1) is 0 Å². The zero-order chi connectivity index (χ0) is 26.3. The molecule has 0 saturated carbocycles. The van der Waals surface area contributed by atoms with E-state index in [1.165, 1.54) is 30.2 Å². The Morgan fingerprint density at radius 2 is 1.94 bits per heavy atom. The van der Waals surface area contributed by atoms with Gasteiger partial charge in [-0.05, 0) is 55.2 Å². The highest BCUT2D eigenvalue weighted by atomic mass is 28.4. The molecule has 2 heterocycles. The van der Waals surface area contributed by atoms with E-state index in [2.05, 4.69) is 80.8 Å². The Bertz CT molecular complexity index is 1130. The molecule has 2 aromatic heterocycles. The van der Waals surface area contributed by atoms with Gasteiger partial charge in [0.25, 0.3) is 5.91 Å². The van der Waals surface area contributed by atoms with E-state index in [0.29, 0.717) is 6.61 Å². The van der Waals surface area contributed by atoms with Gasteiger partial charge in [-0.3, -0.25) is 4.79 Å². The lowest BCUT2D eigenvalue weighted by Gasteiger charge is -2.37. The standard InChI is InChI=1S/C28H44N4O3Si/c1-7-8-9-10-17-34-24-11-12-26-22(18-24)13-15-31(26)16-14-23(20-35-36(5,6)28(2,3)4)32-19-25(27(29)33)30-21-32/h11-13,15,18-19,21,23H,7-10,14,16-17,20H2,1-6H3,(H2,29,33)/t23-/m1/s1. The molecule has 0 aliphatic heterocycles. The number of unbranched alkanes of at least 4 members (excludes halogenated alkanes) is 3. The van der Waals surface area contributed by atoms with Crippen molar-refractivity contribution in [3.05, 3.63) is 48.7 Å². The molecule has 36 heavy (non-hydrogen) atoms. The van der Waals surface area contributed by atoms with Gasteiger partial charge in [-0.25, -0.2) is 4.98 Å². The van der Waals surface area contributed by atoms with E-state index in [9.17, 15) is 4.79 Å². The molecule has 7 nitrogen and oxygen atoms in total. The van der Waals surface area contributed by atoms with Crippen LogP contribution in [0.5, 0.6) is 5.75 Å². The van der Waals surface area contributed by atoms with Gasteiger partial charge in [-0.1, -0.05) is 47.0 Å². The van der Waals surface area contributed by atoms with Crippen LogP contribution in [0.25, 0.3) is 10.9 Å². The number of amides is 1. The molecule has 198 valence electrons. The Labute approximate surface area is 217 Å². The summed E-state index contributed by atoms with van der Waals surface area (Å²) < 4.78 is 16.8. The third-order valence-electron chi connectivity index (χ3n) is 7.43. The minimum absolute atomic E-state index is 0.0444. The molecule has 0 bridgehead atoms. The van der Waals surface area contributed by atoms with Crippen LogP contribution in [0, 0.1) is 0 Å². The number of aryl methyl sites for hydroxylation is 1. The Hall–Kier alpha value is -2.58. The van der Waals surface area contributed by atoms with Crippen LogP contribution >= 0.6 is 0 Å². The van der Waals surface area contributed by atoms with Gasteiger partial charge < -0.3 is 24.0 Å². The lowest BCUT2D eigenvalue weighted by Crippen LogP contribution is -2.42. The molecular formula is C28H44N4O3Si. The summed E-state index contributed by atoms with van der Waals surface area (Å²) in [7, 11) is -1.93. The zero-order valence-corrected chi connectivity index (χ0v) is 23.9. The molecule has 2 N–H and O–H groups in total. The first-order valence-corrected chi connectivity index (χ1v) is 16.1. The minimum Gasteiger partial charge on any atom is -0.494 e. The Morgan fingerprint density at radius 1 is 1.17 bits per heavy atom. The number of carbonyl (C=O) groups excluding carboxylic acids is 1. The first-order valence-electron chi connectivity index (χ1n) is 13.2. The van der Waals surface area contributed by atoms with Crippen LogP contribution in [0.1, 0.15) is 76.3 Å². The van der Waals surface area contributed by atoms with Crippen molar-refractivity contribution in [2.75, 3.05) is 13.2 Å². The van der Waals surface area contributed by atoms with E-state index in [0.717, 1.165) is 31.7 Å². The fourth-order valence-electron chi connectivity index (χ4n) is 3.97. The second-order valence-electron chi connectivity index (χ2n) is 11.2. The number of ether oxygens (including phenoxy) is 1. The van der Waals surface area contributed by atoms with Crippen LogP contribution in [0.4, 0.5) is 0 Å². The molecule has 0 aliphatic carbocycles. The fraction of sp³-hybridized carbons (Fsp3) is 0.571. The summed E-state index contributed by atoms with van der Waals surface area (Å²) in [5.74, 6) is 0.410. The lowest BCUT2D eigenvalue weighted by molar-refractivity contribution is 0.0995. The molecule has 3 aromatic rings. The van der Waals surface area contributed by atoms with Gasteiger partial charge in [0.15, 0.2) is 8.32 Å². The SMILES string of the molecule is CCCCCCOc1ccc2c(ccn2CC[C@H](CO[Si](C)(C)C(C)(C)C)n2cnc(C(N)=O)c2)c1. The van der Waals surface area contributed by atoms with Crippen molar-refractivity contribution < 1.29 is 14.0 Å². The number of carbonyl (C=O) groups is 1. The number of hydrogen-bond acceptors (Lipinski definition) is 4. The molecule has 0 radical (unpaired) electrons. The molecule has 0 spiro atoms. The maximum atomic E-state index is 11.6. The van der Waals surface area contributed by atoms with E-state index in [1.807, 2.05) is 4.57 Å². The summed E-state index contributed by atoms with van der Waals surface area (Å²) in [6, 6.07) is 8.51. The quantitative estimate of drug-likeness (QED) is 0.196. The van der Waals surface area contributed by atoms with Gasteiger partial charge in [0.1, 0.15) is 11.4 Å². The molecule has 1 aromatic carbocycles. The van der Waals surface area contributed by atoms with Crippen molar-refractivity contribution in [3.63, 3.8) is 0 Å². The molecule has 0 aliphatic rings. The van der Waals surface area contributed by atoms with Gasteiger partial charge >= 0.3 is 0 Å². The van der Waals surface area contributed by atoms with Crippen molar-refractivity contribution in [2.45, 2.75) is 90.5 Å². The maximum absolute atomic E-state index is 11.6. The number of nitrogens with two attached hydrogens (primary N) is 1. The van der Waals surface area contributed by atoms with Gasteiger partial charge in [0, 0.05) is 29.8 Å². The molecule has 0 fully saturated rings. The van der Waals surface area contributed by atoms with Gasteiger partial charge in [0.05, 0.1) is 25.6 Å². The number of primary amides is 1. The van der Waals surface area contributed by atoms with E-state index < -0.39 is 14.2 Å². The molecule has 0 unspecified atom stereocenters. The topological polar surface area (TPSA) is 84.3 Å². The number of imidazole rings is 1. The van der Waals surface area contributed by atoms with Crippen LogP contribution < -0.4 is 10.5 Å². The number of rotatable bonds is 14. The van der Waals surface area contributed by atoms with Crippen molar-refractivity contribution in [2.24, 2.45) is 5.73 Å². The predicted octanol–water partition coefficient (Wildman–Crippen LogP) is 6.55. The molecule has 0 saturated heterocycles. The summed E-state index contributed by atoms with van der Waals surface area (Å²) in [6.07, 6.45) is 11.2. The van der Waals surface area contributed by atoms with E-state index in [-0.39, 0.29) is 16.8 Å². The van der Waals surface area contributed by atoms with E-state index >= 15 is 0 Å². The highest BCUT2D eigenvalue weighted by molar-refractivity contribution is 6.74. The Kier molecular flexibility index (Phi) is 9.41. The van der Waals surface area contributed by atoms with Crippen LogP contribution in [0.2, 0.25) is 18.1 Å². The van der Waals surface area contributed by atoms with Crippen LogP contribution in [-0.4, -0.2) is 41.6 Å². The summed E-state index contributed by atoms with van der Waals surface area (Å²) in [4.78, 5) is 15.8. The Morgan fingerprint density at radius 3 is 2.61 bits per heavy atom. The van der Waals surface area contributed by atoms with Crippen LogP contribution in [-0.2, 0) is 11.0 Å². The van der Waals surface area contributed by atoms with Crippen molar-refractivity contribution in [1.82, 2.24) is 14.1 Å². The van der Waals surface area contributed by atoms with Crippen LogP contribution in [0.3, 0.4) is 0 Å². The van der Waals surface area contributed by atoms with Crippen molar-refractivity contribution in [3.8, 4) is 5.75 Å². The normalized spacial score (nSPS) is 13.3. The average Bonchev–Trinajstić information content (AvgIpc) is 3.46. The maximum Gasteiger partial charge on any atom is 0.268 e. The second kappa shape index (κ2) is 12.1. The zero-order valence-electron chi connectivity index (χ0n) is 22.9. The van der Waals surface area contributed by atoms with Gasteiger partial charge in [-0.2, -0.15) is 0 Å². The first kappa shape index (κ1) is 28.0. The highest BCUT2D eigenvalue weighted by Crippen LogP contribution is 2.37. The molecular weight excluding hydrogens is 468 g/mol. The number of nitrogens with zero attached hydrogens (tertiary/aromatic N) is 3. The van der Waals surface area contributed by atoms with Gasteiger partial charge in [0.2, 0.25) is 0 Å². The predicted molar refractivity (Wildman–Crippen MR) is 149 cm³/mol. The van der Waals surface area contributed by atoms with Crippen molar-refractivity contribution >= 4 is 25.1 Å². The average molecular weight is 513 g/mol. The van der Waals surface area contributed by atoms with E-state index in [1.54, 1.807) is 12.5 Å². The summed E-state index contributed by atoms with van der Waals surface area (Å²) in [6.45, 7) is 15.6. The smallest absolute Gasteiger partial charge is 0.268 e. The highest BCUT2D eigenvalue weighted by Gasteiger charge is 2.37. The first-order chi connectivity index (χ1) is 17.0. The monoisotopic (exact) mass is 512 g/mol. The molecule has 1 amide bonds. The van der Waals surface area contributed by atoms with E-state index in [4.69, 9.17) is 14.9 Å². The van der Waals surface area contributed by atoms with Crippen LogP contribution in [0.15, 0.2) is 43.0 Å². The third-order valence-corrected chi connectivity index (χ3v) is 11.9. The molecule has 3 rings (SSSR count). The summed E-state index contributed by atoms with van der Waals surface area (Å²) in [5.41, 5.74) is 6.91. The molecule has 1 atom stereocenters. The number of fused-ring (bicyclic) bond motifs is 1. The summed E-state index contributed by atoms with van der Waals surface area (Å²) in [5, 5.41) is 1.30. The summed E-state index contributed by atoms with van der Waals surface area (Å²) >= 11 is 0. The number of aromatic nitrogens is 3. The fourth-order valence-corrected chi connectivity index (χ4v) is 5.02. The minimum atomic E-state index is -1.93. The molecule has 8 heteroatoms.